The first-order chi connectivity index (χ1) is 30.0. The topological polar surface area (TPSA) is 27.7 Å². The Labute approximate surface area is 358 Å². The van der Waals surface area contributed by atoms with Gasteiger partial charge in [0, 0.05) is 38.5 Å². The fourth-order valence-corrected chi connectivity index (χ4v) is 11.2. The third kappa shape index (κ3) is 5.63. The number of rotatable bonds is 7. The third-order valence-electron chi connectivity index (χ3n) is 14.2. The first kappa shape index (κ1) is 37.2. The zero-order chi connectivity index (χ0) is 41.2. The van der Waals surface area contributed by atoms with Crippen LogP contribution in [0.25, 0.3) is 39.1 Å². The van der Waals surface area contributed by atoms with Crippen LogP contribution in [0.1, 0.15) is 70.2 Å². The van der Waals surface area contributed by atoms with Crippen LogP contribution in [0.5, 0.6) is 17.2 Å². The maximum Gasteiger partial charge on any atom is 0.178 e. The molecular weight excluding hydrogens is 745 g/mol. The van der Waals surface area contributed by atoms with Gasteiger partial charge in [-0.15, -0.1) is 0 Å². The average Bonchev–Trinajstić information content (AvgIpc) is 3.62. The van der Waals surface area contributed by atoms with Gasteiger partial charge in [-0.2, -0.15) is 0 Å². The second-order valence-corrected chi connectivity index (χ2v) is 17.2. The molecule has 0 aromatic heterocycles. The highest BCUT2D eigenvalue weighted by molar-refractivity contribution is 6.10. The number of benzene rings is 8. The van der Waals surface area contributed by atoms with Gasteiger partial charge in [0.2, 0.25) is 0 Å². The first-order valence-electron chi connectivity index (χ1n) is 21.6. The maximum absolute atomic E-state index is 7.79. The standard InChI is InChI=1S/C58H48O3/c1-39-23-25-40(26-24-39)48-37-49-50(38-52(48)60-3)55-47(31-32-58(61-55,43-19-11-6-12-20-43)44-27-29-45(59-2)30-28-44)54-53(49)46-21-13-14-22-51(46)57(54)35-33-56(34-36-57,41-15-7-4-8-16-41)42-17-9-5-10-18-42/h4-32,37-38H,33-36H2,1-3H3. The minimum absolute atomic E-state index is 0.0997. The summed E-state index contributed by atoms with van der Waals surface area (Å²) in [4.78, 5) is 0. The molecule has 8 aromatic carbocycles. The summed E-state index contributed by atoms with van der Waals surface area (Å²) in [5, 5.41) is 2.23. The fourth-order valence-electron chi connectivity index (χ4n) is 11.2. The SMILES string of the molecule is COc1ccc(C2(c3ccccc3)C=Cc3c4c(c5cc(-c6ccc(C)cc6)c(OC)cc5c3O2)-c2ccccc2C42CCC(c3ccccc3)(c3ccccc3)CC2)cc1. The van der Waals surface area contributed by atoms with Gasteiger partial charge in [-0.05, 0) is 107 Å². The van der Waals surface area contributed by atoms with E-state index in [2.05, 4.69) is 183 Å². The van der Waals surface area contributed by atoms with Crippen molar-refractivity contribution < 1.29 is 14.2 Å². The van der Waals surface area contributed by atoms with E-state index in [9.17, 15) is 0 Å². The summed E-state index contributed by atoms with van der Waals surface area (Å²) in [6.45, 7) is 2.14. The van der Waals surface area contributed by atoms with Crippen molar-refractivity contribution in [1.82, 2.24) is 0 Å². The number of methoxy groups -OCH3 is 2. The molecule has 3 aliphatic rings. The zero-order valence-electron chi connectivity index (χ0n) is 35.0. The Morgan fingerprint density at radius 1 is 0.508 bits per heavy atom. The molecule has 298 valence electrons. The molecule has 1 atom stereocenters. The molecule has 1 spiro atoms. The summed E-state index contributed by atoms with van der Waals surface area (Å²) >= 11 is 0. The lowest BCUT2D eigenvalue weighted by Gasteiger charge is -2.48. The minimum Gasteiger partial charge on any atom is -0.497 e. The number of hydrogen-bond donors (Lipinski definition) is 0. The molecule has 0 N–H and O–H groups in total. The van der Waals surface area contributed by atoms with Crippen LogP contribution < -0.4 is 14.2 Å². The molecule has 8 aromatic rings. The van der Waals surface area contributed by atoms with E-state index in [4.69, 9.17) is 14.2 Å². The highest BCUT2D eigenvalue weighted by Gasteiger charge is 2.53. The highest BCUT2D eigenvalue weighted by Crippen LogP contribution is 2.65. The number of ether oxygens (including phenoxy) is 3. The second-order valence-electron chi connectivity index (χ2n) is 17.2. The summed E-state index contributed by atoms with van der Waals surface area (Å²) in [5.41, 5.74) is 13.7. The average molecular weight is 793 g/mol. The largest absolute Gasteiger partial charge is 0.497 e. The van der Waals surface area contributed by atoms with Gasteiger partial charge in [0.05, 0.1) is 14.2 Å². The molecule has 0 saturated heterocycles. The van der Waals surface area contributed by atoms with Gasteiger partial charge in [-0.25, -0.2) is 0 Å². The summed E-state index contributed by atoms with van der Waals surface area (Å²) in [7, 11) is 3.49. The van der Waals surface area contributed by atoms with Gasteiger partial charge in [-0.3, -0.25) is 0 Å². The minimum atomic E-state index is -0.897. The van der Waals surface area contributed by atoms with Gasteiger partial charge in [0.15, 0.2) is 5.60 Å². The Balaban J connectivity index is 1.20. The predicted molar refractivity (Wildman–Crippen MR) is 249 cm³/mol. The van der Waals surface area contributed by atoms with E-state index in [-0.39, 0.29) is 10.8 Å². The van der Waals surface area contributed by atoms with E-state index in [1.54, 1.807) is 14.2 Å². The number of aryl methyl sites for hydroxylation is 1. The molecule has 1 fully saturated rings. The molecule has 0 amide bonds. The third-order valence-corrected chi connectivity index (χ3v) is 14.2. The number of fused-ring (bicyclic) bond motifs is 10. The van der Waals surface area contributed by atoms with E-state index in [1.807, 2.05) is 12.1 Å². The Morgan fingerprint density at radius 3 is 1.70 bits per heavy atom. The zero-order valence-corrected chi connectivity index (χ0v) is 35.0. The van der Waals surface area contributed by atoms with Crippen molar-refractivity contribution in [3.8, 4) is 39.5 Å². The Bertz CT molecular complexity index is 2900. The first-order valence-corrected chi connectivity index (χ1v) is 21.6. The van der Waals surface area contributed by atoms with E-state index in [0.717, 1.165) is 76.1 Å². The summed E-state index contributed by atoms with van der Waals surface area (Å²) in [6.07, 6.45) is 8.71. The normalized spacial score (nSPS) is 17.9. The molecular formula is C58H48O3. The molecule has 1 aliphatic heterocycles. The van der Waals surface area contributed by atoms with Crippen molar-refractivity contribution in [3.63, 3.8) is 0 Å². The monoisotopic (exact) mass is 792 g/mol. The van der Waals surface area contributed by atoms with Crippen molar-refractivity contribution in [1.29, 1.82) is 0 Å². The van der Waals surface area contributed by atoms with Crippen molar-refractivity contribution in [2.24, 2.45) is 0 Å². The lowest BCUT2D eigenvalue weighted by molar-refractivity contribution is 0.162. The lowest BCUT2D eigenvalue weighted by Crippen LogP contribution is -2.41. The van der Waals surface area contributed by atoms with Crippen LogP contribution >= 0.6 is 0 Å². The van der Waals surface area contributed by atoms with E-state index >= 15 is 0 Å². The van der Waals surface area contributed by atoms with Crippen LogP contribution in [0.3, 0.4) is 0 Å². The molecule has 11 rings (SSSR count). The van der Waals surface area contributed by atoms with Gasteiger partial charge < -0.3 is 14.2 Å². The van der Waals surface area contributed by atoms with Crippen molar-refractivity contribution in [2.45, 2.75) is 49.0 Å². The van der Waals surface area contributed by atoms with Gasteiger partial charge in [-0.1, -0.05) is 163 Å². The predicted octanol–water partition coefficient (Wildman–Crippen LogP) is 14.0. The lowest BCUT2D eigenvalue weighted by atomic mass is 9.56. The molecule has 0 radical (unpaired) electrons. The molecule has 61 heavy (non-hydrogen) atoms. The van der Waals surface area contributed by atoms with Crippen molar-refractivity contribution in [2.75, 3.05) is 14.2 Å². The van der Waals surface area contributed by atoms with E-state index < -0.39 is 5.60 Å². The maximum atomic E-state index is 7.79. The summed E-state index contributed by atoms with van der Waals surface area (Å²) in [5.74, 6) is 2.52. The Kier molecular flexibility index (Phi) is 8.79. The van der Waals surface area contributed by atoms with Crippen molar-refractivity contribution >= 4 is 16.8 Å². The van der Waals surface area contributed by atoms with Crippen LogP contribution in [0.15, 0.2) is 182 Å². The van der Waals surface area contributed by atoms with Crippen LogP contribution in [-0.4, -0.2) is 14.2 Å². The summed E-state index contributed by atoms with van der Waals surface area (Å²) < 4.78 is 19.7. The van der Waals surface area contributed by atoms with Crippen LogP contribution in [0.2, 0.25) is 0 Å². The summed E-state index contributed by atoms with van der Waals surface area (Å²) in [6, 6.07) is 64.1. The van der Waals surface area contributed by atoms with E-state index in [1.165, 1.54) is 44.3 Å². The molecule has 1 saturated carbocycles. The second kappa shape index (κ2) is 14.4. The Morgan fingerprint density at radius 2 is 1.08 bits per heavy atom. The molecule has 3 nitrogen and oxygen atoms in total. The molecule has 0 bridgehead atoms. The highest BCUT2D eigenvalue weighted by atomic mass is 16.5. The molecule has 1 unspecified atom stereocenters. The smallest absolute Gasteiger partial charge is 0.178 e. The van der Waals surface area contributed by atoms with Crippen molar-refractivity contribution in [3.05, 3.63) is 227 Å². The molecule has 3 heteroatoms. The Hall–Kier alpha value is -6.84. The van der Waals surface area contributed by atoms with Crippen LogP contribution in [-0.2, 0) is 16.4 Å². The molecule has 2 aliphatic carbocycles. The van der Waals surface area contributed by atoms with Crippen LogP contribution in [0, 0.1) is 6.92 Å². The molecule has 1 heterocycles. The quantitative estimate of drug-likeness (QED) is 0.161. The fraction of sp³-hybridized carbons (Fsp3) is 0.172. The van der Waals surface area contributed by atoms with Gasteiger partial charge in [0.25, 0.3) is 0 Å². The van der Waals surface area contributed by atoms with Crippen LogP contribution in [0.4, 0.5) is 0 Å². The van der Waals surface area contributed by atoms with Gasteiger partial charge >= 0.3 is 0 Å². The number of hydrogen-bond acceptors (Lipinski definition) is 3. The van der Waals surface area contributed by atoms with E-state index in [0.29, 0.717) is 0 Å². The van der Waals surface area contributed by atoms with Gasteiger partial charge in [0.1, 0.15) is 17.2 Å².